The maximum atomic E-state index is 12.9. The standard InChI is InChI=1S/C28H28N2O5/c1-2-3-12-24(25(31)29-18-13-17-14-28(17,15-18)26(32)33)30-27(34)35-16-23-21-10-6-4-8-19(21)20-9-5-7-11-22(20)23/h4-11,17-18,23-24H,12-16H2,1H3,(H,29,31)(H,30,34)(H,32,33). The van der Waals surface area contributed by atoms with E-state index < -0.39 is 23.5 Å². The number of benzene rings is 2. The predicted octanol–water partition coefficient (Wildman–Crippen LogP) is 3.68. The van der Waals surface area contributed by atoms with Crippen molar-refractivity contribution in [3.05, 3.63) is 59.7 Å². The molecule has 3 N–H and O–H groups in total. The molecule has 2 aromatic carbocycles. The number of carboxylic acids is 1. The monoisotopic (exact) mass is 472 g/mol. The van der Waals surface area contributed by atoms with E-state index in [1.165, 1.54) is 0 Å². The second-order valence-corrected chi connectivity index (χ2v) is 9.66. The third-order valence-corrected chi connectivity index (χ3v) is 7.62. The number of carboxylic acid groups (broad SMARTS) is 1. The fraction of sp³-hybridized carbons (Fsp3) is 0.393. The Labute approximate surface area is 204 Å². The Hall–Kier alpha value is -3.79. The molecule has 0 heterocycles. The molecule has 7 heteroatoms. The van der Waals surface area contributed by atoms with Gasteiger partial charge in [0.1, 0.15) is 12.6 Å². The number of hydrogen-bond acceptors (Lipinski definition) is 4. The topological polar surface area (TPSA) is 105 Å². The van der Waals surface area contributed by atoms with Crippen molar-refractivity contribution in [3.63, 3.8) is 0 Å². The molecule has 180 valence electrons. The maximum Gasteiger partial charge on any atom is 0.407 e. The summed E-state index contributed by atoms with van der Waals surface area (Å²) in [4.78, 5) is 37.2. The zero-order valence-corrected chi connectivity index (χ0v) is 19.5. The fourth-order valence-electron chi connectivity index (χ4n) is 5.76. The molecule has 4 atom stereocenters. The first kappa shape index (κ1) is 23.0. The summed E-state index contributed by atoms with van der Waals surface area (Å²) in [6.07, 6.45) is 1.22. The van der Waals surface area contributed by atoms with E-state index in [-0.39, 0.29) is 36.8 Å². The van der Waals surface area contributed by atoms with Gasteiger partial charge in [0.25, 0.3) is 0 Å². The van der Waals surface area contributed by atoms with Crippen molar-refractivity contribution in [2.75, 3.05) is 6.61 Å². The van der Waals surface area contributed by atoms with E-state index in [0.29, 0.717) is 19.3 Å². The van der Waals surface area contributed by atoms with Crippen LogP contribution in [-0.4, -0.2) is 41.8 Å². The Kier molecular flexibility index (Phi) is 5.98. The second kappa shape index (κ2) is 9.10. The minimum Gasteiger partial charge on any atom is -0.481 e. The second-order valence-electron chi connectivity index (χ2n) is 9.66. The summed E-state index contributed by atoms with van der Waals surface area (Å²) in [6.45, 7) is 1.82. The lowest BCUT2D eigenvalue weighted by atomic mass is 9.98. The summed E-state index contributed by atoms with van der Waals surface area (Å²) in [7, 11) is 0. The lowest BCUT2D eigenvalue weighted by molar-refractivity contribution is -0.143. The Bertz CT molecular complexity index is 1200. The minimum absolute atomic E-state index is 0.0757. The van der Waals surface area contributed by atoms with Crippen LogP contribution in [-0.2, 0) is 14.3 Å². The van der Waals surface area contributed by atoms with Gasteiger partial charge in [-0.3, -0.25) is 9.59 Å². The zero-order valence-electron chi connectivity index (χ0n) is 19.5. The average molecular weight is 473 g/mol. The molecule has 2 fully saturated rings. The van der Waals surface area contributed by atoms with Crippen LogP contribution in [0.25, 0.3) is 11.1 Å². The van der Waals surface area contributed by atoms with E-state index in [2.05, 4.69) is 34.6 Å². The number of hydrogen-bond donors (Lipinski definition) is 3. The molecule has 0 aromatic heterocycles. The predicted molar refractivity (Wildman–Crippen MR) is 129 cm³/mol. The molecule has 0 spiro atoms. The molecule has 3 aliphatic carbocycles. The van der Waals surface area contributed by atoms with Crippen LogP contribution >= 0.6 is 0 Å². The van der Waals surface area contributed by atoms with Crippen LogP contribution in [0.3, 0.4) is 0 Å². The summed E-state index contributed by atoms with van der Waals surface area (Å²) in [5.74, 6) is 4.49. The van der Waals surface area contributed by atoms with Gasteiger partial charge < -0.3 is 20.5 Å². The first-order chi connectivity index (χ1) is 16.9. The van der Waals surface area contributed by atoms with Crippen molar-refractivity contribution < 1.29 is 24.2 Å². The highest BCUT2D eigenvalue weighted by Gasteiger charge is 2.65. The third-order valence-electron chi connectivity index (χ3n) is 7.62. The van der Waals surface area contributed by atoms with Crippen LogP contribution in [0.15, 0.2) is 48.5 Å². The van der Waals surface area contributed by atoms with Crippen LogP contribution in [0.4, 0.5) is 4.79 Å². The van der Waals surface area contributed by atoms with Crippen LogP contribution in [0, 0.1) is 23.2 Å². The average Bonchev–Trinajstić information content (AvgIpc) is 3.28. The molecule has 5 rings (SSSR count). The third kappa shape index (κ3) is 4.25. The van der Waals surface area contributed by atoms with Gasteiger partial charge in [-0.15, -0.1) is 11.8 Å². The van der Waals surface area contributed by atoms with Gasteiger partial charge in [0.15, 0.2) is 0 Å². The smallest absolute Gasteiger partial charge is 0.407 e. The first-order valence-electron chi connectivity index (χ1n) is 12.0. The zero-order chi connectivity index (χ0) is 24.6. The highest BCUT2D eigenvalue weighted by atomic mass is 16.5. The maximum absolute atomic E-state index is 12.9. The van der Waals surface area contributed by atoms with Crippen LogP contribution in [0.2, 0.25) is 0 Å². The molecular weight excluding hydrogens is 444 g/mol. The number of carbonyl (C=O) groups excluding carboxylic acids is 2. The van der Waals surface area contributed by atoms with Gasteiger partial charge >= 0.3 is 12.1 Å². The normalized spacial score (nSPS) is 24.1. The molecule has 0 bridgehead atoms. The van der Waals surface area contributed by atoms with E-state index in [0.717, 1.165) is 22.3 Å². The number of fused-ring (bicyclic) bond motifs is 4. The Morgan fingerprint density at radius 2 is 1.74 bits per heavy atom. The van der Waals surface area contributed by atoms with Crippen molar-refractivity contribution in [3.8, 4) is 23.0 Å². The number of ether oxygens (including phenoxy) is 1. The molecule has 0 aliphatic heterocycles. The summed E-state index contributed by atoms with van der Waals surface area (Å²) in [6, 6.07) is 15.1. The van der Waals surface area contributed by atoms with E-state index >= 15 is 0 Å². The van der Waals surface area contributed by atoms with Crippen LogP contribution < -0.4 is 10.6 Å². The molecule has 2 aromatic rings. The highest BCUT2D eigenvalue weighted by Crippen LogP contribution is 2.63. The number of amides is 2. The minimum atomic E-state index is -0.879. The first-order valence-corrected chi connectivity index (χ1v) is 12.0. The number of nitrogens with one attached hydrogen (secondary N) is 2. The Morgan fingerprint density at radius 3 is 2.34 bits per heavy atom. The quantitative estimate of drug-likeness (QED) is 0.534. The molecule has 4 unspecified atom stereocenters. The fourth-order valence-corrected chi connectivity index (χ4v) is 5.76. The Morgan fingerprint density at radius 1 is 1.09 bits per heavy atom. The van der Waals surface area contributed by atoms with Crippen molar-refractivity contribution >= 4 is 18.0 Å². The van der Waals surface area contributed by atoms with E-state index in [1.54, 1.807) is 6.92 Å². The lowest BCUT2D eigenvalue weighted by Gasteiger charge is -2.21. The molecule has 0 saturated heterocycles. The molecule has 0 radical (unpaired) electrons. The summed E-state index contributed by atoms with van der Waals surface area (Å²) in [5, 5.41) is 15.1. The van der Waals surface area contributed by atoms with Gasteiger partial charge in [0.05, 0.1) is 5.41 Å². The Balaban J connectivity index is 1.21. The molecular formula is C28H28N2O5. The van der Waals surface area contributed by atoms with Crippen molar-refractivity contribution in [2.45, 2.75) is 50.6 Å². The number of carbonyl (C=O) groups is 3. The van der Waals surface area contributed by atoms with Gasteiger partial charge in [-0.05, 0) is 54.4 Å². The van der Waals surface area contributed by atoms with Crippen molar-refractivity contribution in [1.82, 2.24) is 10.6 Å². The molecule has 35 heavy (non-hydrogen) atoms. The van der Waals surface area contributed by atoms with Gasteiger partial charge in [-0.2, -0.15) is 0 Å². The lowest BCUT2D eigenvalue weighted by Crippen LogP contribution is -2.49. The molecule has 2 saturated carbocycles. The number of rotatable bonds is 7. The van der Waals surface area contributed by atoms with Crippen LogP contribution in [0.5, 0.6) is 0 Å². The van der Waals surface area contributed by atoms with Crippen molar-refractivity contribution in [1.29, 1.82) is 0 Å². The summed E-state index contributed by atoms with van der Waals surface area (Å²) >= 11 is 0. The van der Waals surface area contributed by atoms with E-state index in [1.807, 2.05) is 36.4 Å². The van der Waals surface area contributed by atoms with Gasteiger partial charge in [-0.25, -0.2) is 4.79 Å². The molecule has 2 amide bonds. The number of alkyl carbamates (subject to hydrolysis) is 1. The summed E-state index contributed by atoms with van der Waals surface area (Å²) < 4.78 is 5.59. The SMILES string of the molecule is CC#CCC(NC(=O)OCC1c2ccccc2-c2ccccc21)C(=O)NC1CC2CC2(C(=O)O)C1. The van der Waals surface area contributed by atoms with Gasteiger partial charge in [0.2, 0.25) is 5.91 Å². The molecule has 3 aliphatic rings. The van der Waals surface area contributed by atoms with E-state index in [4.69, 9.17) is 4.74 Å². The highest BCUT2D eigenvalue weighted by molar-refractivity contribution is 5.87. The van der Waals surface area contributed by atoms with Gasteiger partial charge in [-0.1, -0.05) is 48.5 Å². The van der Waals surface area contributed by atoms with Crippen molar-refractivity contribution in [2.24, 2.45) is 11.3 Å². The number of aliphatic carboxylic acids is 1. The summed E-state index contributed by atoms with van der Waals surface area (Å²) in [5.41, 5.74) is 3.82. The largest absolute Gasteiger partial charge is 0.481 e. The van der Waals surface area contributed by atoms with Gasteiger partial charge in [0, 0.05) is 18.4 Å². The van der Waals surface area contributed by atoms with Crippen LogP contribution in [0.1, 0.15) is 49.7 Å². The van der Waals surface area contributed by atoms with E-state index in [9.17, 15) is 19.5 Å². The molecule has 7 nitrogen and oxygen atoms in total.